The largest absolute Gasteiger partial charge is 0.388 e. The molecular weight excluding hydrogens is 272 g/mol. The Morgan fingerprint density at radius 2 is 1.75 bits per heavy atom. The van der Waals surface area contributed by atoms with Crippen LogP contribution in [0.3, 0.4) is 0 Å². The summed E-state index contributed by atoms with van der Waals surface area (Å²) < 4.78 is 21.4. The van der Waals surface area contributed by atoms with E-state index in [2.05, 4.69) is 0 Å². The lowest BCUT2D eigenvalue weighted by atomic mass is 9.87. The summed E-state index contributed by atoms with van der Waals surface area (Å²) in [6.07, 6.45) is -5.98. The Balaban J connectivity index is 1.60. The second kappa shape index (κ2) is 4.20. The molecule has 0 spiro atoms. The zero-order valence-electron chi connectivity index (χ0n) is 10.5. The highest BCUT2D eigenvalue weighted by atomic mass is 16.6. The number of ketones is 1. The molecule has 4 saturated heterocycles. The first-order chi connectivity index (χ1) is 9.52. The molecule has 112 valence electrons. The van der Waals surface area contributed by atoms with Crippen molar-refractivity contribution in [1.82, 2.24) is 0 Å². The summed E-state index contributed by atoms with van der Waals surface area (Å²) in [7, 11) is 0. The normalized spacial score (nSPS) is 58.1. The van der Waals surface area contributed by atoms with Crippen molar-refractivity contribution in [3.8, 4) is 0 Å². The monoisotopic (exact) mass is 288 g/mol. The number of carbonyl (C=O) groups is 1. The molecule has 0 bridgehead atoms. The van der Waals surface area contributed by atoms with Crippen LogP contribution >= 0.6 is 0 Å². The van der Waals surface area contributed by atoms with Gasteiger partial charge in [0, 0.05) is 0 Å². The third-order valence-electron chi connectivity index (χ3n) is 4.53. The summed E-state index contributed by atoms with van der Waals surface area (Å²) in [5, 5.41) is 30.1. The lowest BCUT2D eigenvalue weighted by Gasteiger charge is -2.31. The number of carbonyl (C=O) groups excluding carboxylic acids is 1. The minimum atomic E-state index is -1.66. The summed E-state index contributed by atoms with van der Waals surface area (Å²) in [6.45, 7) is -0.0696. The molecule has 0 aromatic heterocycles. The standard InChI is InChI=1S/C12H16O8/c13-4-1-17-9-6(15)10(20-7(4)9)12(16)3-19-8-5(14)2-18-11(8)12/h4-5,7-11,13-14,16H,1-3H2/t4-,5-,7-,8-,9-,10+,11+,12+/m1/s1. The molecular formula is C12H16O8. The Hall–Kier alpha value is -0.610. The van der Waals surface area contributed by atoms with Crippen LogP contribution in [0.15, 0.2) is 0 Å². The highest BCUT2D eigenvalue weighted by Gasteiger charge is 2.66. The third-order valence-corrected chi connectivity index (χ3v) is 4.53. The minimum Gasteiger partial charge on any atom is -0.388 e. The van der Waals surface area contributed by atoms with E-state index < -0.39 is 54.1 Å². The van der Waals surface area contributed by atoms with E-state index in [1.807, 2.05) is 0 Å². The van der Waals surface area contributed by atoms with Gasteiger partial charge in [-0.05, 0) is 0 Å². The van der Waals surface area contributed by atoms with E-state index in [9.17, 15) is 20.1 Å². The topological polar surface area (TPSA) is 115 Å². The Morgan fingerprint density at radius 1 is 1.05 bits per heavy atom. The molecule has 0 amide bonds. The van der Waals surface area contributed by atoms with Crippen molar-refractivity contribution in [2.45, 2.75) is 48.3 Å². The maximum absolute atomic E-state index is 12.3. The van der Waals surface area contributed by atoms with Gasteiger partial charge in [-0.2, -0.15) is 0 Å². The van der Waals surface area contributed by atoms with E-state index in [0.29, 0.717) is 0 Å². The smallest absolute Gasteiger partial charge is 0.196 e. The maximum Gasteiger partial charge on any atom is 0.196 e. The Bertz CT molecular complexity index is 441. The summed E-state index contributed by atoms with van der Waals surface area (Å²) in [6, 6.07) is 0. The van der Waals surface area contributed by atoms with Gasteiger partial charge < -0.3 is 34.3 Å². The lowest BCUT2D eigenvalue weighted by Crippen LogP contribution is -2.56. The van der Waals surface area contributed by atoms with Gasteiger partial charge in [-0.3, -0.25) is 4.79 Å². The summed E-state index contributed by atoms with van der Waals surface area (Å²) in [4.78, 5) is 12.3. The molecule has 0 aromatic rings. The zero-order chi connectivity index (χ0) is 14.1. The van der Waals surface area contributed by atoms with Crippen LogP contribution < -0.4 is 0 Å². The van der Waals surface area contributed by atoms with Crippen molar-refractivity contribution in [2.24, 2.45) is 0 Å². The molecule has 4 aliphatic heterocycles. The van der Waals surface area contributed by atoms with Gasteiger partial charge in [-0.1, -0.05) is 0 Å². The molecule has 0 unspecified atom stereocenters. The Morgan fingerprint density at radius 3 is 2.50 bits per heavy atom. The van der Waals surface area contributed by atoms with Crippen molar-refractivity contribution in [3.63, 3.8) is 0 Å². The second-order valence-corrected chi connectivity index (χ2v) is 5.79. The van der Waals surface area contributed by atoms with Crippen molar-refractivity contribution in [2.75, 3.05) is 19.8 Å². The molecule has 0 radical (unpaired) electrons. The predicted octanol–water partition coefficient (Wildman–Crippen LogP) is -3.03. The van der Waals surface area contributed by atoms with Crippen LogP contribution in [-0.2, 0) is 23.7 Å². The van der Waals surface area contributed by atoms with Crippen LogP contribution in [-0.4, -0.2) is 89.3 Å². The highest BCUT2D eigenvalue weighted by Crippen LogP contribution is 2.42. The van der Waals surface area contributed by atoms with Gasteiger partial charge >= 0.3 is 0 Å². The van der Waals surface area contributed by atoms with E-state index in [-0.39, 0.29) is 19.8 Å². The van der Waals surface area contributed by atoms with Gasteiger partial charge in [0.1, 0.15) is 42.2 Å². The lowest BCUT2D eigenvalue weighted by molar-refractivity contribution is -0.169. The van der Waals surface area contributed by atoms with Crippen LogP contribution in [0.2, 0.25) is 0 Å². The van der Waals surface area contributed by atoms with Gasteiger partial charge in [0.15, 0.2) is 11.9 Å². The Labute approximate surface area is 114 Å². The van der Waals surface area contributed by atoms with Gasteiger partial charge in [-0.25, -0.2) is 0 Å². The van der Waals surface area contributed by atoms with Crippen molar-refractivity contribution in [3.05, 3.63) is 0 Å². The van der Waals surface area contributed by atoms with Crippen LogP contribution in [0.25, 0.3) is 0 Å². The van der Waals surface area contributed by atoms with Crippen molar-refractivity contribution < 1.29 is 39.1 Å². The molecule has 8 atom stereocenters. The molecule has 20 heavy (non-hydrogen) atoms. The molecule has 4 heterocycles. The van der Waals surface area contributed by atoms with Crippen molar-refractivity contribution >= 4 is 5.78 Å². The molecule has 8 nitrogen and oxygen atoms in total. The van der Waals surface area contributed by atoms with Gasteiger partial charge in [-0.15, -0.1) is 0 Å². The SMILES string of the molecule is O=C1[C@H]2OC[C@@H](O)[C@H]2O[C@@H]1[C@@]1(O)CO[C@@H]2[C@H](O)CO[C@@H]21. The number of rotatable bonds is 1. The molecule has 0 aromatic carbocycles. The fourth-order valence-corrected chi connectivity index (χ4v) is 3.50. The van der Waals surface area contributed by atoms with Crippen LogP contribution in [0.4, 0.5) is 0 Å². The van der Waals surface area contributed by atoms with E-state index in [4.69, 9.17) is 18.9 Å². The van der Waals surface area contributed by atoms with Crippen LogP contribution in [0.1, 0.15) is 0 Å². The summed E-state index contributed by atoms with van der Waals surface area (Å²) in [5.41, 5.74) is -1.66. The summed E-state index contributed by atoms with van der Waals surface area (Å²) >= 11 is 0. The molecule has 3 N–H and O–H groups in total. The molecule has 4 rings (SSSR count). The van der Waals surface area contributed by atoms with Crippen LogP contribution in [0.5, 0.6) is 0 Å². The fraction of sp³-hybridized carbons (Fsp3) is 0.917. The Kier molecular flexibility index (Phi) is 2.75. The zero-order valence-corrected chi connectivity index (χ0v) is 10.5. The van der Waals surface area contributed by atoms with Gasteiger partial charge in [0.2, 0.25) is 0 Å². The molecule has 4 aliphatic rings. The molecule has 8 heteroatoms. The number of fused-ring (bicyclic) bond motifs is 2. The number of aliphatic hydroxyl groups excluding tert-OH is 2. The number of ether oxygens (including phenoxy) is 4. The quantitative estimate of drug-likeness (QED) is 0.467. The van der Waals surface area contributed by atoms with E-state index in [1.165, 1.54) is 0 Å². The first kappa shape index (κ1) is 13.1. The average molecular weight is 288 g/mol. The van der Waals surface area contributed by atoms with Gasteiger partial charge in [0.25, 0.3) is 0 Å². The van der Waals surface area contributed by atoms with E-state index in [0.717, 1.165) is 0 Å². The van der Waals surface area contributed by atoms with Crippen molar-refractivity contribution in [1.29, 1.82) is 0 Å². The predicted molar refractivity (Wildman–Crippen MR) is 59.9 cm³/mol. The molecule has 0 aliphatic carbocycles. The van der Waals surface area contributed by atoms with E-state index >= 15 is 0 Å². The minimum absolute atomic E-state index is 0.0456. The fourth-order valence-electron chi connectivity index (χ4n) is 3.50. The first-order valence-electron chi connectivity index (χ1n) is 6.65. The van der Waals surface area contributed by atoms with Gasteiger partial charge in [0.05, 0.1) is 19.8 Å². The first-order valence-corrected chi connectivity index (χ1v) is 6.65. The molecule has 4 fully saturated rings. The summed E-state index contributed by atoms with van der Waals surface area (Å²) in [5.74, 6) is -0.414. The average Bonchev–Trinajstić information content (AvgIpc) is 3.11. The third kappa shape index (κ3) is 1.52. The number of Topliss-reactive ketones (excluding diaryl/α,β-unsaturated/α-hetero) is 1. The second-order valence-electron chi connectivity index (χ2n) is 5.79. The number of aliphatic hydroxyl groups is 3. The van der Waals surface area contributed by atoms with E-state index in [1.54, 1.807) is 0 Å². The highest BCUT2D eigenvalue weighted by molar-refractivity contribution is 5.91. The van der Waals surface area contributed by atoms with Crippen LogP contribution in [0, 0.1) is 0 Å². The number of hydrogen-bond acceptors (Lipinski definition) is 8. The maximum atomic E-state index is 12.3. The molecule has 0 saturated carbocycles. The number of hydrogen-bond donors (Lipinski definition) is 3.